The van der Waals surface area contributed by atoms with E-state index in [4.69, 9.17) is 4.74 Å². The molecule has 0 radical (unpaired) electrons. The fraction of sp³-hybridized carbons (Fsp3) is 0.538. The molecule has 33 heavy (non-hydrogen) atoms. The SMILES string of the molecule is O=C(C1CCCC1)N(CC(=O)N1CCc2sccc2[C@@H]1COc1cccc(F)c1)CC1CC1. The van der Waals surface area contributed by atoms with Crippen molar-refractivity contribution in [3.8, 4) is 5.75 Å². The molecule has 0 N–H and O–H groups in total. The first-order valence-corrected chi connectivity index (χ1v) is 13.0. The quantitative estimate of drug-likeness (QED) is 0.556. The van der Waals surface area contributed by atoms with Crippen molar-refractivity contribution in [1.29, 1.82) is 0 Å². The lowest BCUT2D eigenvalue weighted by atomic mass is 10.00. The first-order chi connectivity index (χ1) is 16.1. The molecule has 1 atom stereocenters. The van der Waals surface area contributed by atoms with Crippen molar-refractivity contribution in [1.82, 2.24) is 9.80 Å². The second-order valence-corrected chi connectivity index (χ2v) is 10.6. The molecule has 1 aliphatic heterocycles. The van der Waals surface area contributed by atoms with E-state index < -0.39 is 0 Å². The Bertz CT molecular complexity index is 999. The Hall–Kier alpha value is -2.41. The number of rotatable bonds is 8. The van der Waals surface area contributed by atoms with Gasteiger partial charge in [0.05, 0.1) is 12.6 Å². The normalized spacial score (nSPS) is 20.5. The highest BCUT2D eigenvalue weighted by Gasteiger charge is 2.36. The summed E-state index contributed by atoms with van der Waals surface area (Å²) in [5, 5.41) is 2.05. The molecule has 2 fully saturated rings. The molecule has 0 saturated heterocycles. The number of nitrogens with zero attached hydrogens (tertiary/aromatic N) is 2. The summed E-state index contributed by atoms with van der Waals surface area (Å²) in [5.74, 6) is 0.867. The van der Waals surface area contributed by atoms with E-state index in [9.17, 15) is 14.0 Å². The van der Waals surface area contributed by atoms with Gasteiger partial charge in [0, 0.05) is 30.0 Å². The van der Waals surface area contributed by atoms with Gasteiger partial charge in [-0.1, -0.05) is 18.9 Å². The minimum absolute atomic E-state index is 0.0216. The van der Waals surface area contributed by atoms with Gasteiger partial charge in [0.25, 0.3) is 0 Å². The topological polar surface area (TPSA) is 49.9 Å². The lowest BCUT2D eigenvalue weighted by Crippen LogP contribution is -2.49. The van der Waals surface area contributed by atoms with E-state index >= 15 is 0 Å². The van der Waals surface area contributed by atoms with Crippen LogP contribution in [0.4, 0.5) is 4.39 Å². The van der Waals surface area contributed by atoms with E-state index in [-0.39, 0.29) is 42.7 Å². The van der Waals surface area contributed by atoms with E-state index in [0.717, 1.165) is 50.5 Å². The largest absolute Gasteiger partial charge is 0.491 e. The summed E-state index contributed by atoms with van der Waals surface area (Å²) in [6, 6.07) is 7.92. The zero-order chi connectivity index (χ0) is 22.8. The number of ether oxygens (including phenoxy) is 1. The van der Waals surface area contributed by atoms with E-state index in [1.54, 1.807) is 23.5 Å². The third-order valence-corrected chi connectivity index (χ3v) is 8.13. The van der Waals surface area contributed by atoms with Crippen LogP contribution in [0.2, 0.25) is 0 Å². The van der Waals surface area contributed by atoms with E-state index in [1.165, 1.54) is 17.0 Å². The fourth-order valence-corrected chi connectivity index (χ4v) is 6.06. The van der Waals surface area contributed by atoms with Crippen molar-refractivity contribution in [3.05, 3.63) is 52.0 Å². The van der Waals surface area contributed by atoms with Crippen LogP contribution in [0.15, 0.2) is 35.7 Å². The molecule has 0 spiro atoms. The molecule has 3 aliphatic rings. The van der Waals surface area contributed by atoms with E-state index in [2.05, 4.69) is 11.4 Å². The third-order valence-electron chi connectivity index (χ3n) is 7.14. The number of thiophene rings is 1. The number of fused-ring (bicyclic) bond motifs is 1. The second kappa shape index (κ2) is 9.84. The summed E-state index contributed by atoms with van der Waals surface area (Å²) >= 11 is 1.70. The monoisotopic (exact) mass is 470 g/mol. The third kappa shape index (κ3) is 5.24. The highest BCUT2D eigenvalue weighted by molar-refractivity contribution is 7.10. The number of carbonyl (C=O) groups excluding carboxylic acids is 2. The Morgan fingerprint density at radius 3 is 2.73 bits per heavy atom. The van der Waals surface area contributed by atoms with Crippen molar-refractivity contribution in [2.24, 2.45) is 11.8 Å². The maximum Gasteiger partial charge on any atom is 0.242 e. The zero-order valence-electron chi connectivity index (χ0n) is 18.9. The smallest absolute Gasteiger partial charge is 0.242 e. The fourth-order valence-electron chi connectivity index (χ4n) is 5.14. The first kappa shape index (κ1) is 22.4. The summed E-state index contributed by atoms with van der Waals surface area (Å²) in [6.45, 7) is 1.71. The van der Waals surface area contributed by atoms with Crippen molar-refractivity contribution >= 4 is 23.2 Å². The lowest BCUT2D eigenvalue weighted by molar-refractivity contribution is -0.145. The van der Waals surface area contributed by atoms with E-state index in [0.29, 0.717) is 24.8 Å². The van der Waals surface area contributed by atoms with Crippen LogP contribution in [0.25, 0.3) is 0 Å². The van der Waals surface area contributed by atoms with Gasteiger partial charge >= 0.3 is 0 Å². The molecule has 5 rings (SSSR count). The number of benzene rings is 1. The molecular formula is C26H31FN2O3S. The average Bonchev–Trinajstić information content (AvgIpc) is 3.26. The number of halogens is 1. The van der Waals surface area contributed by atoms with Gasteiger partial charge in [0.15, 0.2) is 0 Å². The second-order valence-electron chi connectivity index (χ2n) is 9.56. The Morgan fingerprint density at radius 2 is 1.97 bits per heavy atom. The Kier molecular flexibility index (Phi) is 6.67. The van der Waals surface area contributed by atoms with Crippen molar-refractivity contribution in [2.75, 3.05) is 26.2 Å². The minimum atomic E-state index is -0.346. The molecular weight excluding hydrogens is 439 g/mol. The molecule has 176 valence electrons. The van der Waals surface area contributed by atoms with Gasteiger partial charge in [-0.2, -0.15) is 0 Å². The summed E-state index contributed by atoms with van der Waals surface area (Å²) in [6.07, 6.45) is 7.21. The van der Waals surface area contributed by atoms with Crippen LogP contribution in [0.1, 0.15) is 55.0 Å². The first-order valence-electron chi connectivity index (χ1n) is 12.1. The average molecular weight is 471 g/mol. The maximum atomic E-state index is 13.6. The van der Waals surface area contributed by atoms with Gasteiger partial charge in [-0.05, 0) is 67.2 Å². The van der Waals surface area contributed by atoms with Gasteiger partial charge in [-0.25, -0.2) is 4.39 Å². The molecule has 2 saturated carbocycles. The lowest BCUT2D eigenvalue weighted by Gasteiger charge is -2.37. The van der Waals surface area contributed by atoms with Gasteiger partial charge in [0.2, 0.25) is 11.8 Å². The molecule has 1 aromatic carbocycles. The van der Waals surface area contributed by atoms with Crippen molar-refractivity contribution in [3.63, 3.8) is 0 Å². The van der Waals surface area contributed by atoms with Gasteiger partial charge in [-0.15, -0.1) is 11.3 Å². The number of hydrogen-bond donors (Lipinski definition) is 0. The molecule has 1 aromatic heterocycles. The van der Waals surface area contributed by atoms with Gasteiger partial charge < -0.3 is 14.5 Å². The number of hydrogen-bond acceptors (Lipinski definition) is 4. The predicted molar refractivity (Wildman–Crippen MR) is 126 cm³/mol. The van der Waals surface area contributed by atoms with Crippen LogP contribution < -0.4 is 4.74 Å². The minimum Gasteiger partial charge on any atom is -0.491 e. The van der Waals surface area contributed by atoms with Crippen molar-refractivity contribution in [2.45, 2.75) is 51.0 Å². The molecule has 2 aromatic rings. The van der Waals surface area contributed by atoms with Gasteiger partial charge in [0.1, 0.15) is 18.2 Å². The molecule has 7 heteroatoms. The van der Waals surface area contributed by atoms with Crippen LogP contribution in [0.5, 0.6) is 5.75 Å². The van der Waals surface area contributed by atoms with Crippen LogP contribution in [0.3, 0.4) is 0 Å². The summed E-state index contributed by atoms with van der Waals surface area (Å²) < 4.78 is 19.5. The molecule has 2 amide bonds. The highest BCUT2D eigenvalue weighted by atomic mass is 32.1. The van der Waals surface area contributed by atoms with Crippen LogP contribution in [0, 0.1) is 17.7 Å². The molecule has 0 bridgehead atoms. The predicted octanol–water partition coefficient (Wildman–Crippen LogP) is 4.82. The molecule has 0 unspecified atom stereocenters. The summed E-state index contributed by atoms with van der Waals surface area (Å²) in [4.78, 5) is 31.7. The summed E-state index contributed by atoms with van der Waals surface area (Å²) in [5.41, 5.74) is 1.10. The molecule has 2 heterocycles. The van der Waals surface area contributed by atoms with Crippen molar-refractivity contribution < 1.29 is 18.7 Å². The number of amides is 2. The van der Waals surface area contributed by atoms with Crippen LogP contribution in [-0.2, 0) is 16.0 Å². The molecule has 2 aliphatic carbocycles. The molecule has 5 nitrogen and oxygen atoms in total. The Labute approximate surface area is 198 Å². The van der Waals surface area contributed by atoms with Crippen LogP contribution >= 0.6 is 11.3 Å². The van der Waals surface area contributed by atoms with Gasteiger partial charge in [-0.3, -0.25) is 9.59 Å². The number of carbonyl (C=O) groups is 2. The van der Waals surface area contributed by atoms with E-state index in [1.807, 2.05) is 9.80 Å². The standard InChI is InChI=1S/C26H31FN2O3S/c27-20-6-3-7-21(14-20)32-17-23-22-11-13-33-24(22)10-12-29(23)25(30)16-28(15-18-8-9-18)26(31)19-4-1-2-5-19/h3,6-7,11,13-14,18-19,23H,1-2,4-5,8-10,12,15-17H2/t23-/m0/s1. The van der Waals surface area contributed by atoms with Crippen LogP contribution in [-0.4, -0.2) is 47.9 Å². The Morgan fingerprint density at radius 1 is 1.15 bits per heavy atom. The highest BCUT2D eigenvalue weighted by Crippen LogP contribution is 2.35. The zero-order valence-corrected chi connectivity index (χ0v) is 19.7. The summed E-state index contributed by atoms with van der Waals surface area (Å²) in [7, 11) is 0. The Balaban J connectivity index is 1.31. The maximum absolute atomic E-state index is 13.6.